The topological polar surface area (TPSA) is 37.8 Å². The maximum atomic E-state index is 4.35. The fourth-order valence-corrected chi connectivity index (χ4v) is 2.49. The van der Waals surface area contributed by atoms with Crippen molar-refractivity contribution in [2.45, 2.75) is 20.0 Å². The molecular weight excluding hydrogens is 286 g/mol. The smallest absolute Gasteiger partial charge is 0.106 e. The summed E-state index contributed by atoms with van der Waals surface area (Å²) in [4.78, 5) is 9.82. The zero-order chi connectivity index (χ0) is 11.4. The van der Waals surface area contributed by atoms with Crippen LogP contribution in [0.1, 0.15) is 15.6 Å². The molecule has 3 nitrogen and oxygen atoms in total. The highest BCUT2D eigenvalue weighted by atomic mass is 79.9. The van der Waals surface area contributed by atoms with Crippen molar-refractivity contribution >= 4 is 27.3 Å². The largest absolute Gasteiger partial charge is 0.306 e. The van der Waals surface area contributed by atoms with E-state index in [1.165, 1.54) is 4.88 Å². The Hall–Kier alpha value is -0.780. The summed E-state index contributed by atoms with van der Waals surface area (Å²) in [6.07, 6.45) is 1.92. The van der Waals surface area contributed by atoms with Crippen molar-refractivity contribution in [3.63, 3.8) is 0 Å². The highest BCUT2D eigenvalue weighted by molar-refractivity contribution is 9.10. The van der Waals surface area contributed by atoms with Crippen LogP contribution in [0.15, 0.2) is 29.0 Å². The second-order valence-corrected chi connectivity index (χ2v) is 5.53. The Bertz CT molecular complexity index is 470. The van der Waals surface area contributed by atoms with Gasteiger partial charge in [0.25, 0.3) is 0 Å². The van der Waals surface area contributed by atoms with Crippen LogP contribution in [0.2, 0.25) is 0 Å². The predicted molar refractivity (Wildman–Crippen MR) is 69.3 cm³/mol. The number of nitrogens with one attached hydrogen (secondary N) is 1. The minimum Gasteiger partial charge on any atom is -0.306 e. The summed E-state index contributed by atoms with van der Waals surface area (Å²) < 4.78 is 0.875. The number of nitrogens with zero attached hydrogens (tertiary/aromatic N) is 2. The monoisotopic (exact) mass is 297 g/mol. The van der Waals surface area contributed by atoms with Gasteiger partial charge in [0, 0.05) is 24.2 Å². The van der Waals surface area contributed by atoms with Crippen LogP contribution in [-0.2, 0) is 13.1 Å². The van der Waals surface area contributed by atoms with Crippen LogP contribution >= 0.6 is 27.3 Å². The third-order valence-electron chi connectivity index (χ3n) is 2.05. The quantitative estimate of drug-likeness (QED) is 0.882. The van der Waals surface area contributed by atoms with Gasteiger partial charge >= 0.3 is 0 Å². The average molecular weight is 298 g/mol. The first-order valence-electron chi connectivity index (χ1n) is 4.97. The number of rotatable bonds is 4. The van der Waals surface area contributed by atoms with Gasteiger partial charge in [-0.3, -0.25) is 0 Å². The van der Waals surface area contributed by atoms with Crippen molar-refractivity contribution in [1.82, 2.24) is 15.3 Å². The molecule has 0 unspecified atom stereocenters. The lowest BCUT2D eigenvalue weighted by molar-refractivity contribution is 0.684. The summed E-state index contributed by atoms with van der Waals surface area (Å²) in [6, 6.07) is 5.93. The first-order valence-corrected chi connectivity index (χ1v) is 6.58. The summed E-state index contributed by atoms with van der Waals surface area (Å²) in [5.74, 6) is 0. The Labute approximate surface area is 107 Å². The number of pyridine rings is 1. The highest BCUT2D eigenvalue weighted by Gasteiger charge is 1.99. The van der Waals surface area contributed by atoms with Crippen molar-refractivity contribution in [2.75, 3.05) is 0 Å². The molecule has 2 aromatic rings. The van der Waals surface area contributed by atoms with E-state index in [9.17, 15) is 0 Å². The summed E-state index contributed by atoms with van der Waals surface area (Å²) >= 11 is 5.08. The molecule has 1 N–H and O–H groups in total. The molecule has 0 aliphatic carbocycles. The molecule has 0 aliphatic heterocycles. The summed E-state index contributed by atoms with van der Waals surface area (Å²) in [5, 5.41) is 4.45. The van der Waals surface area contributed by atoms with Gasteiger partial charge in [-0.05, 0) is 35.0 Å². The SMILES string of the molecule is Cc1ncc(CNCc2cccc(Br)n2)s1. The molecule has 16 heavy (non-hydrogen) atoms. The van der Waals surface area contributed by atoms with Crippen LogP contribution in [0, 0.1) is 6.92 Å². The first-order chi connectivity index (χ1) is 7.74. The fraction of sp³-hybridized carbons (Fsp3) is 0.273. The molecule has 0 atom stereocenters. The van der Waals surface area contributed by atoms with Crippen LogP contribution in [0.25, 0.3) is 0 Å². The van der Waals surface area contributed by atoms with E-state index >= 15 is 0 Å². The van der Waals surface area contributed by atoms with Gasteiger partial charge in [0.15, 0.2) is 0 Å². The maximum Gasteiger partial charge on any atom is 0.106 e. The van der Waals surface area contributed by atoms with E-state index < -0.39 is 0 Å². The molecular formula is C11H12BrN3S. The molecule has 2 aromatic heterocycles. The van der Waals surface area contributed by atoms with E-state index in [2.05, 4.69) is 31.2 Å². The number of aryl methyl sites for hydroxylation is 1. The van der Waals surface area contributed by atoms with E-state index in [-0.39, 0.29) is 0 Å². The minimum absolute atomic E-state index is 0.774. The van der Waals surface area contributed by atoms with Gasteiger partial charge in [-0.15, -0.1) is 11.3 Å². The number of aromatic nitrogens is 2. The predicted octanol–water partition coefficient (Wildman–Crippen LogP) is 2.90. The Balaban J connectivity index is 1.84. The molecule has 0 spiro atoms. The van der Waals surface area contributed by atoms with Gasteiger partial charge in [-0.2, -0.15) is 0 Å². The molecule has 0 aliphatic rings. The lowest BCUT2D eigenvalue weighted by Crippen LogP contribution is -2.12. The number of hydrogen-bond acceptors (Lipinski definition) is 4. The van der Waals surface area contributed by atoms with Gasteiger partial charge in [0.1, 0.15) is 4.60 Å². The van der Waals surface area contributed by atoms with Crippen LogP contribution in [0.5, 0.6) is 0 Å². The number of halogens is 1. The molecule has 5 heteroatoms. The molecule has 0 saturated carbocycles. The van der Waals surface area contributed by atoms with E-state index in [1.54, 1.807) is 11.3 Å². The Morgan fingerprint density at radius 1 is 1.38 bits per heavy atom. The molecule has 0 aromatic carbocycles. The highest BCUT2D eigenvalue weighted by Crippen LogP contribution is 2.11. The van der Waals surface area contributed by atoms with Crippen molar-refractivity contribution in [3.8, 4) is 0 Å². The summed E-state index contributed by atoms with van der Waals surface area (Å²) in [6.45, 7) is 3.64. The Morgan fingerprint density at radius 2 is 2.25 bits per heavy atom. The molecule has 2 heterocycles. The third-order valence-corrected chi connectivity index (χ3v) is 3.40. The molecule has 84 valence electrons. The van der Waals surface area contributed by atoms with Crippen LogP contribution in [-0.4, -0.2) is 9.97 Å². The van der Waals surface area contributed by atoms with Gasteiger partial charge in [-0.1, -0.05) is 6.07 Å². The van der Waals surface area contributed by atoms with Crippen LogP contribution < -0.4 is 5.32 Å². The molecule has 0 fully saturated rings. The lowest BCUT2D eigenvalue weighted by Gasteiger charge is -2.02. The van der Waals surface area contributed by atoms with E-state index in [1.807, 2.05) is 31.3 Å². The molecule has 0 amide bonds. The fourth-order valence-electron chi connectivity index (χ4n) is 1.35. The van der Waals surface area contributed by atoms with Gasteiger partial charge < -0.3 is 5.32 Å². The Morgan fingerprint density at radius 3 is 2.94 bits per heavy atom. The van der Waals surface area contributed by atoms with Crippen molar-refractivity contribution in [1.29, 1.82) is 0 Å². The number of hydrogen-bond donors (Lipinski definition) is 1. The first kappa shape index (κ1) is 11.7. The van der Waals surface area contributed by atoms with Gasteiger partial charge in [0.2, 0.25) is 0 Å². The van der Waals surface area contributed by atoms with Crippen LogP contribution in [0.4, 0.5) is 0 Å². The van der Waals surface area contributed by atoms with Gasteiger partial charge in [-0.25, -0.2) is 9.97 Å². The van der Waals surface area contributed by atoms with Crippen molar-refractivity contribution in [3.05, 3.63) is 44.6 Å². The van der Waals surface area contributed by atoms with Crippen molar-refractivity contribution in [2.24, 2.45) is 0 Å². The maximum absolute atomic E-state index is 4.35. The molecule has 0 radical (unpaired) electrons. The zero-order valence-electron chi connectivity index (χ0n) is 8.90. The van der Waals surface area contributed by atoms with E-state index in [0.29, 0.717) is 0 Å². The molecule has 2 rings (SSSR count). The standard InChI is InChI=1S/C11H12BrN3S/c1-8-14-7-10(16-8)6-13-5-9-3-2-4-11(12)15-9/h2-4,7,13H,5-6H2,1H3. The van der Waals surface area contributed by atoms with E-state index in [0.717, 1.165) is 28.4 Å². The average Bonchev–Trinajstić information content (AvgIpc) is 2.64. The second-order valence-electron chi connectivity index (χ2n) is 3.40. The second kappa shape index (κ2) is 5.52. The summed E-state index contributed by atoms with van der Waals surface area (Å²) in [7, 11) is 0. The van der Waals surface area contributed by atoms with Gasteiger partial charge in [0.05, 0.1) is 10.7 Å². The molecule has 0 bridgehead atoms. The van der Waals surface area contributed by atoms with E-state index in [4.69, 9.17) is 0 Å². The van der Waals surface area contributed by atoms with Crippen molar-refractivity contribution < 1.29 is 0 Å². The Kier molecular flexibility index (Phi) is 4.04. The third kappa shape index (κ3) is 3.37. The zero-order valence-corrected chi connectivity index (χ0v) is 11.3. The minimum atomic E-state index is 0.774. The van der Waals surface area contributed by atoms with Crippen LogP contribution in [0.3, 0.4) is 0 Å². The number of thiazole rings is 1. The summed E-state index contributed by atoms with van der Waals surface area (Å²) in [5.41, 5.74) is 1.04. The molecule has 0 saturated heterocycles. The normalized spacial score (nSPS) is 10.6. The lowest BCUT2D eigenvalue weighted by atomic mass is 10.3.